The van der Waals surface area contributed by atoms with Crippen LogP contribution in [-0.4, -0.2) is 40.3 Å². The van der Waals surface area contributed by atoms with Crippen LogP contribution in [0.2, 0.25) is 0 Å². The molecule has 0 radical (unpaired) electrons. The lowest BCUT2D eigenvalue weighted by molar-refractivity contribution is -0.137. The van der Waals surface area contributed by atoms with Crippen LogP contribution in [-0.2, 0) is 9.59 Å². The monoisotopic (exact) mass is 347 g/mol. The molecule has 1 aliphatic heterocycles. The molecule has 0 aromatic heterocycles. The SMILES string of the molecule is C=CCOc1ccc(/C=C2/SC(=O)N(CCCC(=O)O)C2=O)cc1. The molecule has 1 aromatic carbocycles. The summed E-state index contributed by atoms with van der Waals surface area (Å²) < 4.78 is 5.38. The van der Waals surface area contributed by atoms with Gasteiger partial charge in [0.2, 0.25) is 0 Å². The number of nitrogens with zero attached hydrogens (tertiary/aromatic N) is 1. The van der Waals surface area contributed by atoms with Crippen LogP contribution in [0.15, 0.2) is 41.8 Å². The van der Waals surface area contributed by atoms with E-state index in [-0.39, 0.29) is 30.5 Å². The zero-order chi connectivity index (χ0) is 17.5. The number of thioether (sulfide) groups is 1. The Morgan fingerprint density at radius 3 is 2.62 bits per heavy atom. The average molecular weight is 347 g/mol. The molecule has 126 valence electrons. The van der Waals surface area contributed by atoms with Crippen LogP contribution in [0, 0.1) is 0 Å². The molecular formula is C17H17NO5S. The molecule has 0 atom stereocenters. The fourth-order valence-corrected chi connectivity index (χ4v) is 2.91. The Hall–Kier alpha value is -2.54. The molecule has 24 heavy (non-hydrogen) atoms. The highest BCUT2D eigenvalue weighted by Gasteiger charge is 2.34. The highest BCUT2D eigenvalue weighted by molar-refractivity contribution is 8.18. The summed E-state index contributed by atoms with van der Waals surface area (Å²) in [4.78, 5) is 36.0. The maximum atomic E-state index is 12.2. The number of carboxylic acids is 1. The maximum absolute atomic E-state index is 12.2. The van der Waals surface area contributed by atoms with Crippen molar-refractivity contribution in [2.24, 2.45) is 0 Å². The van der Waals surface area contributed by atoms with E-state index in [2.05, 4.69) is 6.58 Å². The second kappa shape index (κ2) is 8.35. The minimum atomic E-state index is -0.948. The van der Waals surface area contributed by atoms with E-state index in [0.717, 1.165) is 22.2 Å². The Labute approximate surface area is 143 Å². The van der Waals surface area contributed by atoms with Crippen LogP contribution in [0.5, 0.6) is 5.75 Å². The van der Waals surface area contributed by atoms with Gasteiger partial charge in [0, 0.05) is 13.0 Å². The van der Waals surface area contributed by atoms with Crippen molar-refractivity contribution in [2.75, 3.05) is 13.2 Å². The molecule has 2 amide bonds. The van der Waals surface area contributed by atoms with Crippen LogP contribution >= 0.6 is 11.8 Å². The number of imide groups is 1. The van der Waals surface area contributed by atoms with Gasteiger partial charge in [-0.15, -0.1) is 0 Å². The lowest BCUT2D eigenvalue weighted by Gasteiger charge is -2.10. The van der Waals surface area contributed by atoms with Crippen molar-refractivity contribution in [3.63, 3.8) is 0 Å². The predicted octanol–water partition coefficient (Wildman–Crippen LogP) is 3.15. The number of benzene rings is 1. The molecule has 0 bridgehead atoms. The number of hydrogen-bond acceptors (Lipinski definition) is 5. The Balaban J connectivity index is 2.02. The molecule has 1 N–H and O–H groups in total. The first-order chi connectivity index (χ1) is 11.5. The number of ether oxygens (including phenoxy) is 1. The fourth-order valence-electron chi connectivity index (χ4n) is 2.05. The van der Waals surface area contributed by atoms with Gasteiger partial charge in [0.25, 0.3) is 11.1 Å². The molecule has 0 saturated carbocycles. The minimum absolute atomic E-state index is 0.0764. The summed E-state index contributed by atoms with van der Waals surface area (Å²) in [6.45, 7) is 4.10. The first kappa shape index (κ1) is 17.8. The van der Waals surface area contributed by atoms with Gasteiger partial charge in [-0.25, -0.2) is 0 Å². The summed E-state index contributed by atoms with van der Waals surface area (Å²) in [6, 6.07) is 7.12. The third kappa shape index (κ3) is 4.73. The van der Waals surface area contributed by atoms with Crippen molar-refractivity contribution < 1.29 is 24.2 Å². The minimum Gasteiger partial charge on any atom is -0.490 e. The van der Waals surface area contributed by atoms with Crippen molar-refractivity contribution in [3.05, 3.63) is 47.4 Å². The van der Waals surface area contributed by atoms with E-state index in [4.69, 9.17) is 9.84 Å². The van der Waals surface area contributed by atoms with Crippen molar-refractivity contribution in [1.82, 2.24) is 4.90 Å². The van der Waals surface area contributed by atoms with E-state index in [1.54, 1.807) is 36.4 Å². The molecule has 0 unspecified atom stereocenters. The van der Waals surface area contributed by atoms with Gasteiger partial charge in [-0.1, -0.05) is 24.8 Å². The molecule has 6 nitrogen and oxygen atoms in total. The molecule has 7 heteroatoms. The van der Waals surface area contributed by atoms with Gasteiger partial charge in [0.05, 0.1) is 4.91 Å². The molecule has 1 aliphatic rings. The summed E-state index contributed by atoms with van der Waals surface area (Å²) >= 11 is 0.860. The maximum Gasteiger partial charge on any atom is 0.303 e. The highest BCUT2D eigenvalue weighted by Crippen LogP contribution is 2.32. The molecule has 0 spiro atoms. The summed E-state index contributed by atoms with van der Waals surface area (Å²) in [5.41, 5.74) is 0.775. The van der Waals surface area contributed by atoms with Gasteiger partial charge < -0.3 is 9.84 Å². The van der Waals surface area contributed by atoms with Crippen molar-refractivity contribution >= 4 is 35.0 Å². The van der Waals surface area contributed by atoms with Crippen LogP contribution in [0.4, 0.5) is 4.79 Å². The van der Waals surface area contributed by atoms with Crippen molar-refractivity contribution in [1.29, 1.82) is 0 Å². The van der Waals surface area contributed by atoms with Crippen LogP contribution in [0.1, 0.15) is 18.4 Å². The number of rotatable bonds is 8. The number of hydrogen-bond donors (Lipinski definition) is 1. The number of amides is 2. The topological polar surface area (TPSA) is 83.9 Å². The fraction of sp³-hybridized carbons (Fsp3) is 0.235. The van der Waals surface area contributed by atoms with Gasteiger partial charge in [-0.05, 0) is 42.0 Å². The standard InChI is InChI=1S/C17H17NO5S/c1-2-10-23-13-7-5-12(6-8-13)11-14-16(21)18(17(22)24-14)9-3-4-15(19)20/h2,5-8,11H,1,3-4,9-10H2,(H,19,20)/b14-11+. The molecule has 1 fully saturated rings. The Bertz CT molecular complexity index is 681. The summed E-state index contributed by atoms with van der Waals surface area (Å²) in [5, 5.41) is 8.25. The highest BCUT2D eigenvalue weighted by atomic mass is 32.2. The Morgan fingerprint density at radius 1 is 1.29 bits per heavy atom. The molecule has 1 aromatic rings. The zero-order valence-electron chi connectivity index (χ0n) is 12.9. The van der Waals surface area contributed by atoms with Gasteiger partial charge in [0.15, 0.2) is 0 Å². The number of carboxylic acid groups (broad SMARTS) is 1. The lowest BCUT2D eigenvalue weighted by atomic mass is 10.2. The van der Waals surface area contributed by atoms with E-state index in [0.29, 0.717) is 17.3 Å². The molecule has 1 saturated heterocycles. The molecule has 2 rings (SSSR count). The molecule has 0 aliphatic carbocycles. The third-order valence-corrected chi connectivity index (χ3v) is 4.10. The molecular weight excluding hydrogens is 330 g/mol. The van der Waals surface area contributed by atoms with E-state index in [1.165, 1.54) is 0 Å². The van der Waals surface area contributed by atoms with Crippen molar-refractivity contribution in [2.45, 2.75) is 12.8 Å². The lowest BCUT2D eigenvalue weighted by Crippen LogP contribution is -2.29. The first-order valence-electron chi connectivity index (χ1n) is 7.32. The first-order valence-corrected chi connectivity index (χ1v) is 8.14. The van der Waals surface area contributed by atoms with Gasteiger partial charge in [-0.3, -0.25) is 19.3 Å². The van der Waals surface area contributed by atoms with Crippen LogP contribution in [0.25, 0.3) is 6.08 Å². The van der Waals surface area contributed by atoms with Gasteiger partial charge >= 0.3 is 5.97 Å². The van der Waals surface area contributed by atoms with E-state index in [1.807, 2.05) is 0 Å². The van der Waals surface area contributed by atoms with E-state index < -0.39 is 5.97 Å². The Morgan fingerprint density at radius 2 is 2.00 bits per heavy atom. The predicted molar refractivity (Wildman–Crippen MR) is 91.7 cm³/mol. The second-order valence-electron chi connectivity index (χ2n) is 5.00. The number of carbonyl (C=O) groups is 3. The average Bonchev–Trinajstić information content (AvgIpc) is 2.81. The molecule has 1 heterocycles. The zero-order valence-corrected chi connectivity index (χ0v) is 13.8. The van der Waals surface area contributed by atoms with Crippen LogP contribution < -0.4 is 4.74 Å². The van der Waals surface area contributed by atoms with E-state index in [9.17, 15) is 14.4 Å². The summed E-state index contributed by atoms with van der Waals surface area (Å²) in [5.74, 6) is -0.646. The second-order valence-corrected chi connectivity index (χ2v) is 5.99. The van der Waals surface area contributed by atoms with E-state index >= 15 is 0 Å². The summed E-state index contributed by atoms with van der Waals surface area (Å²) in [6.07, 6.45) is 3.45. The third-order valence-electron chi connectivity index (χ3n) is 3.19. The van der Waals surface area contributed by atoms with Gasteiger partial charge in [-0.2, -0.15) is 0 Å². The normalized spacial score (nSPS) is 15.8. The number of carbonyl (C=O) groups excluding carboxylic acids is 2. The summed E-state index contributed by atoms with van der Waals surface area (Å²) in [7, 11) is 0. The quantitative estimate of drug-likeness (QED) is 0.574. The van der Waals surface area contributed by atoms with Crippen molar-refractivity contribution in [3.8, 4) is 5.75 Å². The van der Waals surface area contributed by atoms with Gasteiger partial charge in [0.1, 0.15) is 12.4 Å². The largest absolute Gasteiger partial charge is 0.490 e. The number of aliphatic carboxylic acids is 1. The smallest absolute Gasteiger partial charge is 0.303 e. The Kier molecular flexibility index (Phi) is 6.20. The van der Waals surface area contributed by atoms with Crippen LogP contribution in [0.3, 0.4) is 0 Å².